The van der Waals surface area contributed by atoms with Crippen LogP contribution in [0.1, 0.15) is 19.8 Å². The van der Waals surface area contributed by atoms with Crippen molar-refractivity contribution in [3.8, 4) is 0 Å². The van der Waals surface area contributed by atoms with E-state index in [2.05, 4.69) is 4.74 Å². The van der Waals surface area contributed by atoms with Crippen molar-refractivity contribution < 1.29 is 9.53 Å². The molecule has 1 aliphatic rings. The minimum Gasteiger partial charge on any atom is -0.469 e. The van der Waals surface area contributed by atoms with Crippen LogP contribution >= 0.6 is 0 Å². The van der Waals surface area contributed by atoms with Crippen molar-refractivity contribution in [3.05, 3.63) is 0 Å². The van der Waals surface area contributed by atoms with Crippen molar-refractivity contribution in [1.82, 2.24) is 0 Å². The summed E-state index contributed by atoms with van der Waals surface area (Å²) in [4.78, 5) is 11.1. The van der Waals surface area contributed by atoms with Crippen molar-refractivity contribution in [3.63, 3.8) is 0 Å². The average Bonchev–Trinajstić information content (AvgIpc) is 2.32. The van der Waals surface area contributed by atoms with E-state index < -0.39 is 0 Å². The average molecular weight is 157 g/mol. The molecule has 1 fully saturated rings. The Morgan fingerprint density at radius 1 is 1.55 bits per heavy atom. The fourth-order valence-electron chi connectivity index (χ4n) is 1.68. The Labute approximate surface area is 66.9 Å². The van der Waals surface area contributed by atoms with E-state index in [0.717, 1.165) is 12.8 Å². The van der Waals surface area contributed by atoms with E-state index in [1.54, 1.807) is 0 Å². The van der Waals surface area contributed by atoms with Crippen LogP contribution in [-0.4, -0.2) is 19.1 Å². The van der Waals surface area contributed by atoms with Gasteiger partial charge in [0.1, 0.15) is 0 Å². The molecule has 0 saturated heterocycles. The molecule has 64 valence electrons. The van der Waals surface area contributed by atoms with Crippen LogP contribution in [0.25, 0.3) is 0 Å². The molecule has 0 aromatic rings. The third kappa shape index (κ3) is 1.53. The predicted octanol–water partition coefficient (Wildman–Crippen LogP) is 0.533. The quantitative estimate of drug-likeness (QED) is 0.565. The first-order valence-corrected chi connectivity index (χ1v) is 4.00. The molecule has 3 nitrogen and oxygen atoms in total. The van der Waals surface area contributed by atoms with Crippen LogP contribution in [0.5, 0.6) is 0 Å². The molecule has 0 aromatic heterocycles. The maximum absolute atomic E-state index is 11.1. The van der Waals surface area contributed by atoms with Crippen LogP contribution in [0, 0.1) is 11.8 Å². The molecule has 3 atom stereocenters. The van der Waals surface area contributed by atoms with Crippen LogP contribution in [0.15, 0.2) is 0 Å². The van der Waals surface area contributed by atoms with Gasteiger partial charge in [-0.15, -0.1) is 0 Å². The highest BCUT2D eigenvalue weighted by molar-refractivity contribution is 5.73. The van der Waals surface area contributed by atoms with Crippen LogP contribution in [-0.2, 0) is 9.53 Å². The lowest BCUT2D eigenvalue weighted by Gasteiger charge is -2.14. The van der Waals surface area contributed by atoms with Gasteiger partial charge in [0.15, 0.2) is 0 Å². The molecule has 0 bridgehead atoms. The Balaban J connectivity index is 2.54. The third-order valence-corrected chi connectivity index (χ3v) is 2.62. The largest absolute Gasteiger partial charge is 0.469 e. The minimum absolute atomic E-state index is 0.0370. The molecule has 1 saturated carbocycles. The molecule has 2 N–H and O–H groups in total. The third-order valence-electron chi connectivity index (χ3n) is 2.62. The van der Waals surface area contributed by atoms with Gasteiger partial charge in [-0.1, -0.05) is 6.92 Å². The first-order chi connectivity index (χ1) is 5.16. The van der Waals surface area contributed by atoms with E-state index in [9.17, 15) is 4.79 Å². The van der Waals surface area contributed by atoms with Gasteiger partial charge >= 0.3 is 5.97 Å². The molecule has 1 aliphatic carbocycles. The number of ether oxygens (including phenoxy) is 1. The molecule has 0 spiro atoms. The second kappa shape index (κ2) is 3.22. The fourth-order valence-corrected chi connectivity index (χ4v) is 1.68. The Hall–Kier alpha value is -0.570. The standard InChI is InChI=1S/C8H15NO2/c1-5-6(8(10)11-2)3-4-7(5)9/h5-7H,3-4,9H2,1-2H3. The number of hydrogen-bond acceptors (Lipinski definition) is 3. The van der Waals surface area contributed by atoms with Gasteiger partial charge in [0.05, 0.1) is 13.0 Å². The Kier molecular flexibility index (Phi) is 2.49. The van der Waals surface area contributed by atoms with Crippen molar-refractivity contribution >= 4 is 5.97 Å². The summed E-state index contributed by atoms with van der Waals surface area (Å²) in [5, 5.41) is 0. The molecule has 1 rings (SSSR count). The van der Waals surface area contributed by atoms with E-state index in [-0.39, 0.29) is 23.8 Å². The van der Waals surface area contributed by atoms with Gasteiger partial charge in [-0.3, -0.25) is 4.79 Å². The molecule has 0 amide bonds. The molecular weight excluding hydrogens is 142 g/mol. The number of methoxy groups -OCH3 is 1. The summed E-state index contributed by atoms with van der Waals surface area (Å²) >= 11 is 0. The number of rotatable bonds is 1. The van der Waals surface area contributed by atoms with Crippen molar-refractivity contribution in [1.29, 1.82) is 0 Å². The summed E-state index contributed by atoms with van der Waals surface area (Å²) in [7, 11) is 1.43. The van der Waals surface area contributed by atoms with Gasteiger partial charge in [-0.05, 0) is 18.8 Å². The summed E-state index contributed by atoms with van der Waals surface area (Å²) in [6.45, 7) is 2.01. The summed E-state index contributed by atoms with van der Waals surface area (Å²) in [6.07, 6.45) is 1.83. The molecule has 0 aromatic carbocycles. The molecule has 11 heavy (non-hydrogen) atoms. The van der Waals surface area contributed by atoms with Crippen LogP contribution in [0.4, 0.5) is 0 Å². The molecule has 3 heteroatoms. The van der Waals surface area contributed by atoms with E-state index in [4.69, 9.17) is 5.73 Å². The van der Waals surface area contributed by atoms with Crippen molar-refractivity contribution in [2.45, 2.75) is 25.8 Å². The van der Waals surface area contributed by atoms with Crippen LogP contribution in [0.3, 0.4) is 0 Å². The van der Waals surface area contributed by atoms with Gasteiger partial charge < -0.3 is 10.5 Å². The number of carbonyl (C=O) groups excluding carboxylic acids is 1. The summed E-state index contributed by atoms with van der Waals surface area (Å²) in [5.41, 5.74) is 5.75. The molecular formula is C8H15NO2. The number of hydrogen-bond donors (Lipinski definition) is 1. The van der Waals surface area contributed by atoms with Crippen molar-refractivity contribution in [2.75, 3.05) is 7.11 Å². The highest BCUT2D eigenvalue weighted by atomic mass is 16.5. The second-order valence-corrected chi connectivity index (χ2v) is 3.23. The fraction of sp³-hybridized carbons (Fsp3) is 0.875. The zero-order valence-corrected chi connectivity index (χ0v) is 7.04. The Morgan fingerprint density at radius 2 is 2.18 bits per heavy atom. The van der Waals surface area contributed by atoms with Gasteiger partial charge in [0, 0.05) is 6.04 Å². The zero-order valence-electron chi connectivity index (χ0n) is 7.04. The van der Waals surface area contributed by atoms with E-state index in [0.29, 0.717) is 0 Å². The summed E-state index contributed by atoms with van der Waals surface area (Å²) in [6, 6.07) is 0.180. The molecule has 3 unspecified atom stereocenters. The number of nitrogens with two attached hydrogens (primary N) is 1. The van der Waals surface area contributed by atoms with Crippen LogP contribution < -0.4 is 5.73 Å². The SMILES string of the molecule is COC(=O)C1CCC(N)C1C. The Bertz CT molecular complexity index is 158. The highest BCUT2D eigenvalue weighted by Gasteiger charge is 2.35. The van der Waals surface area contributed by atoms with E-state index >= 15 is 0 Å². The lowest BCUT2D eigenvalue weighted by Crippen LogP contribution is -2.28. The monoisotopic (exact) mass is 157 g/mol. The topological polar surface area (TPSA) is 52.3 Å². The second-order valence-electron chi connectivity index (χ2n) is 3.23. The van der Waals surface area contributed by atoms with Gasteiger partial charge in [-0.25, -0.2) is 0 Å². The maximum Gasteiger partial charge on any atom is 0.308 e. The van der Waals surface area contributed by atoms with Gasteiger partial charge in [0.25, 0.3) is 0 Å². The van der Waals surface area contributed by atoms with Gasteiger partial charge in [0.2, 0.25) is 0 Å². The molecule has 0 heterocycles. The maximum atomic E-state index is 11.1. The summed E-state index contributed by atoms with van der Waals surface area (Å²) < 4.78 is 4.66. The van der Waals surface area contributed by atoms with Crippen LogP contribution in [0.2, 0.25) is 0 Å². The molecule has 0 aliphatic heterocycles. The predicted molar refractivity (Wildman–Crippen MR) is 41.9 cm³/mol. The summed E-state index contributed by atoms with van der Waals surface area (Å²) in [5.74, 6) is 0.211. The lowest BCUT2D eigenvalue weighted by atomic mass is 9.96. The normalized spacial score (nSPS) is 37.2. The highest BCUT2D eigenvalue weighted by Crippen LogP contribution is 2.30. The zero-order chi connectivity index (χ0) is 8.43. The molecule has 0 radical (unpaired) electrons. The van der Waals surface area contributed by atoms with Gasteiger partial charge in [-0.2, -0.15) is 0 Å². The number of carbonyl (C=O) groups is 1. The number of esters is 1. The minimum atomic E-state index is -0.106. The van der Waals surface area contributed by atoms with Crippen molar-refractivity contribution in [2.24, 2.45) is 17.6 Å². The Morgan fingerprint density at radius 3 is 2.55 bits per heavy atom. The smallest absolute Gasteiger partial charge is 0.308 e. The lowest BCUT2D eigenvalue weighted by molar-refractivity contribution is -0.146. The van der Waals surface area contributed by atoms with E-state index in [1.807, 2.05) is 6.92 Å². The van der Waals surface area contributed by atoms with E-state index in [1.165, 1.54) is 7.11 Å². The first-order valence-electron chi connectivity index (χ1n) is 4.00. The first kappa shape index (κ1) is 8.53.